The van der Waals surface area contributed by atoms with Gasteiger partial charge in [-0.15, -0.1) is 6.58 Å². The van der Waals surface area contributed by atoms with E-state index in [1.165, 1.54) is 0 Å². The van der Waals surface area contributed by atoms with Crippen molar-refractivity contribution in [2.75, 3.05) is 13.2 Å². The second-order valence-electron chi connectivity index (χ2n) is 14.8. The minimum Gasteiger partial charge on any atom is -0.374 e. The van der Waals surface area contributed by atoms with Gasteiger partial charge in [-0.1, -0.05) is 127 Å². The van der Waals surface area contributed by atoms with Gasteiger partial charge in [-0.2, -0.15) is 0 Å². The van der Waals surface area contributed by atoms with Gasteiger partial charge in [0.15, 0.2) is 18.4 Å². The minimum absolute atomic E-state index is 0.206. The van der Waals surface area contributed by atoms with Crippen LogP contribution in [0.15, 0.2) is 134 Å². The van der Waals surface area contributed by atoms with Gasteiger partial charge in [0.1, 0.15) is 42.7 Å². The van der Waals surface area contributed by atoms with Crippen LogP contribution in [0.2, 0.25) is 0 Å². The summed E-state index contributed by atoms with van der Waals surface area (Å²) < 4.78 is 66.3. The van der Waals surface area contributed by atoms with E-state index in [0.717, 1.165) is 22.3 Å². The van der Waals surface area contributed by atoms with Crippen molar-refractivity contribution < 1.29 is 47.4 Å². The summed E-state index contributed by atoms with van der Waals surface area (Å²) in [4.78, 5) is 0. The van der Waals surface area contributed by atoms with E-state index < -0.39 is 67.2 Å². The molecule has 0 aromatic heterocycles. The lowest BCUT2D eigenvalue weighted by atomic mass is 9.96. The molecule has 0 saturated carbocycles. The molecule has 10 nitrogen and oxygen atoms in total. The maximum Gasteiger partial charge on any atom is 0.187 e. The van der Waals surface area contributed by atoms with Crippen LogP contribution in [0.5, 0.6) is 0 Å². The van der Waals surface area contributed by atoms with Crippen LogP contribution in [-0.2, 0) is 73.8 Å². The van der Waals surface area contributed by atoms with E-state index >= 15 is 0 Å². The molecule has 56 heavy (non-hydrogen) atoms. The monoisotopic (exact) mass is 766 g/mol. The van der Waals surface area contributed by atoms with Crippen LogP contribution < -0.4 is 0 Å². The fraction of sp³-hybridized carbons (Fsp3) is 0.435. The number of rotatable bonds is 18. The van der Waals surface area contributed by atoms with Crippen LogP contribution in [0.4, 0.5) is 0 Å². The predicted octanol–water partition coefficient (Wildman–Crippen LogP) is 7.54. The van der Waals surface area contributed by atoms with Crippen LogP contribution in [0.1, 0.15) is 43.0 Å². The molecule has 0 unspecified atom stereocenters. The van der Waals surface area contributed by atoms with Gasteiger partial charge in [-0.3, -0.25) is 0 Å². The highest BCUT2D eigenvalue weighted by Gasteiger charge is 2.58. The normalized spacial score (nSPS) is 29.8. The van der Waals surface area contributed by atoms with Crippen molar-refractivity contribution in [3.8, 4) is 0 Å². The lowest BCUT2D eigenvalue weighted by molar-refractivity contribution is -0.360. The lowest BCUT2D eigenvalue weighted by Gasteiger charge is -2.48. The molecule has 3 aliphatic heterocycles. The maximum absolute atomic E-state index is 7.05. The summed E-state index contributed by atoms with van der Waals surface area (Å²) in [7, 11) is 0. The van der Waals surface area contributed by atoms with Crippen LogP contribution in [0.3, 0.4) is 0 Å². The van der Waals surface area contributed by atoms with Crippen molar-refractivity contribution in [1.82, 2.24) is 0 Å². The Labute approximate surface area is 330 Å². The Morgan fingerprint density at radius 3 is 1.57 bits per heavy atom. The smallest absolute Gasteiger partial charge is 0.187 e. The first-order chi connectivity index (χ1) is 27.4. The van der Waals surface area contributed by atoms with Gasteiger partial charge in [-0.05, 0) is 43.0 Å². The molecule has 298 valence electrons. The molecule has 0 bridgehead atoms. The fourth-order valence-corrected chi connectivity index (χ4v) is 7.41. The SMILES string of the molecule is C=CCO[C@@H]1O[C@@H](C)[C@H](O[C@H]2O[C@H](COCc3ccccc3)[C@@H](OCc3ccccc3)[C@H](OCc3ccccc3)[C@H]2OCc2ccccc2)[C@H]2OC(C)(C)O[C@@H]12. The highest BCUT2D eigenvalue weighted by Crippen LogP contribution is 2.41. The summed E-state index contributed by atoms with van der Waals surface area (Å²) in [6.45, 7) is 11.3. The number of hydrogen-bond acceptors (Lipinski definition) is 10. The molecule has 0 spiro atoms. The van der Waals surface area contributed by atoms with Crippen molar-refractivity contribution >= 4 is 0 Å². The second kappa shape index (κ2) is 19.6. The molecule has 3 saturated heterocycles. The van der Waals surface area contributed by atoms with E-state index in [-0.39, 0.29) is 13.2 Å². The Hall–Kier alpha value is -3.78. The molecule has 4 aromatic rings. The third kappa shape index (κ3) is 10.6. The number of fused-ring (bicyclic) bond motifs is 1. The van der Waals surface area contributed by atoms with Gasteiger partial charge in [0, 0.05) is 0 Å². The number of ether oxygens (including phenoxy) is 10. The average Bonchev–Trinajstić information content (AvgIpc) is 3.56. The van der Waals surface area contributed by atoms with Gasteiger partial charge >= 0.3 is 0 Å². The predicted molar refractivity (Wildman–Crippen MR) is 209 cm³/mol. The molecule has 0 radical (unpaired) electrons. The van der Waals surface area contributed by atoms with Gasteiger partial charge in [0.25, 0.3) is 0 Å². The molecule has 0 aliphatic carbocycles. The summed E-state index contributed by atoms with van der Waals surface area (Å²) in [5.41, 5.74) is 4.08. The van der Waals surface area contributed by atoms with Crippen LogP contribution in [0.25, 0.3) is 0 Å². The quantitative estimate of drug-likeness (QED) is 0.0947. The molecule has 7 rings (SSSR count). The van der Waals surface area contributed by atoms with E-state index in [4.69, 9.17) is 47.4 Å². The summed E-state index contributed by atoms with van der Waals surface area (Å²) >= 11 is 0. The number of benzene rings is 4. The largest absolute Gasteiger partial charge is 0.374 e. The number of hydrogen-bond donors (Lipinski definition) is 0. The Bertz CT molecular complexity index is 1740. The summed E-state index contributed by atoms with van der Waals surface area (Å²) in [6, 6.07) is 40.2. The lowest BCUT2D eigenvalue weighted by Crippen LogP contribution is -2.64. The third-order valence-electron chi connectivity index (χ3n) is 10.1. The summed E-state index contributed by atoms with van der Waals surface area (Å²) in [5, 5.41) is 0. The maximum atomic E-state index is 7.05. The molecule has 3 fully saturated rings. The van der Waals surface area contributed by atoms with E-state index in [9.17, 15) is 0 Å². The van der Waals surface area contributed by atoms with Crippen LogP contribution >= 0.6 is 0 Å². The highest BCUT2D eigenvalue weighted by molar-refractivity contribution is 5.16. The van der Waals surface area contributed by atoms with Crippen molar-refractivity contribution in [2.24, 2.45) is 0 Å². The molecular formula is C46H54O10. The van der Waals surface area contributed by atoms with Gasteiger partial charge in [0.05, 0.1) is 45.7 Å². The van der Waals surface area contributed by atoms with E-state index in [0.29, 0.717) is 26.4 Å². The van der Waals surface area contributed by atoms with Crippen molar-refractivity contribution in [2.45, 2.75) is 114 Å². The van der Waals surface area contributed by atoms with E-state index in [1.807, 2.05) is 142 Å². The minimum atomic E-state index is -0.948. The zero-order chi connectivity index (χ0) is 38.7. The highest BCUT2D eigenvalue weighted by atomic mass is 16.8. The standard InChI is InChI=1S/C46H54O10/c1-5-26-48-44-43-41(55-46(3,4)56-43)38(32(2)52-44)54-45-42(51-30-36-24-16-9-17-25-36)40(50-29-35-22-14-8-15-23-35)39(49-28-34-20-12-7-13-21-34)37(53-45)31-47-27-33-18-10-6-11-19-33/h5-25,32,37-45H,1,26-31H2,2-4H3/t32-,37+,38-,39+,40-,41+,42+,43+,44+,45+/m0/s1. The first kappa shape index (κ1) is 40.4. The molecule has 10 atom stereocenters. The van der Waals surface area contributed by atoms with Gasteiger partial charge < -0.3 is 47.4 Å². The Kier molecular flexibility index (Phi) is 14.1. The topological polar surface area (TPSA) is 92.3 Å². The Morgan fingerprint density at radius 1 is 0.554 bits per heavy atom. The van der Waals surface area contributed by atoms with Crippen LogP contribution in [0, 0.1) is 0 Å². The molecule has 10 heteroatoms. The first-order valence-electron chi connectivity index (χ1n) is 19.5. The van der Waals surface area contributed by atoms with Crippen molar-refractivity contribution in [3.05, 3.63) is 156 Å². The Morgan fingerprint density at radius 2 is 1.04 bits per heavy atom. The second-order valence-corrected chi connectivity index (χ2v) is 14.8. The average molecular weight is 767 g/mol. The molecule has 0 N–H and O–H groups in total. The molecular weight excluding hydrogens is 712 g/mol. The van der Waals surface area contributed by atoms with E-state index in [1.54, 1.807) is 6.08 Å². The van der Waals surface area contributed by atoms with Crippen molar-refractivity contribution in [1.29, 1.82) is 0 Å². The van der Waals surface area contributed by atoms with Gasteiger partial charge in [-0.25, -0.2) is 0 Å². The molecule has 0 amide bonds. The molecule has 4 aromatic carbocycles. The zero-order valence-corrected chi connectivity index (χ0v) is 32.4. The fourth-order valence-electron chi connectivity index (χ4n) is 7.41. The zero-order valence-electron chi connectivity index (χ0n) is 32.4. The van der Waals surface area contributed by atoms with E-state index in [2.05, 4.69) is 6.58 Å². The first-order valence-corrected chi connectivity index (χ1v) is 19.5. The van der Waals surface area contributed by atoms with Gasteiger partial charge in [0.2, 0.25) is 0 Å². The van der Waals surface area contributed by atoms with Crippen molar-refractivity contribution in [3.63, 3.8) is 0 Å². The summed E-state index contributed by atoms with van der Waals surface area (Å²) in [6.07, 6.45) is -4.75. The van der Waals surface area contributed by atoms with Crippen LogP contribution in [-0.4, -0.2) is 80.4 Å². The summed E-state index contributed by atoms with van der Waals surface area (Å²) in [5.74, 6) is -0.900. The molecule has 3 heterocycles. The molecule has 3 aliphatic rings. The third-order valence-corrected chi connectivity index (χ3v) is 10.1. The Balaban J connectivity index is 1.22.